The number of hydrogen-bond donors (Lipinski definition) is 1. The van der Waals surface area contributed by atoms with E-state index in [2.05, 4.69) is 20.3 Å². The Labute approximate surface area is 157 Å². The summed E-state index contributed by atoms with van der Waals surface area (Å²) >= 11 is 1.04. The third-order valence-corrected chi connectivity index (χ3v) is 4.44. The standard InChI is InChI=1S/C17H15F2N3O4S/c1-9-11(7-8-24-9)15-21-22-17(26-15)27-10(2)14(23)20-12-5-3-4-6-13(12)25-16(18)19/h3-8,10,16H,1-2H3,(H,20,23)/t10-/m1/s1. The minimum atomic E-state index is -2.99. The number of para-hydroxylation sites is 2. The fourth-order valence-electron chi connectivity index (χ4n) is 2.18. The van der Waals surface area contributed by atoms with Crippen LogP contribution in [0.4, 0.5) is 14.5 Å². The Morgan fingerprint density at radius 3 is 2.74 bits per heavy atom. The molecule has 0 bridgehead atoms. The van der Waals surface area contributed by atoms with Gasteiger partial charge in [-0.1, -0.05) is 23.9 Å². The summed E-state index contributed by atoms with van der Waals surface area (Å²) in [5.41, 5.74) is 0.819. The lowest BCUT2D eigenvalue weighted by Crippen LogP contribution is -2.23. The van der Waals surface area contributed by atoms with Crippen LogP contribution in [0.2, 0.25) is 0 Å². The topological polar surface area (TPSA) is 90.4 Å². The lowest BCUT2D eigenvalue weighted by molar-refractivity contribution is -0.115. The molecule has 0 aliphatic rings. The first-order chi connectivity index (χ1) is 12.9. The fraction of sp³-hybridized carbons (Fsp3) is 0.235. The van der Waals surface area contributed by atoms with E-state index in [9.17, 15) is 13.6 Å². The second kappa shape index (κ2) is 8.21. The summed E-state index contributed by atoms with van der Waals surface area (Å²) in [6.07, 6.45) is 1.51. The molecule has 0 fully saturated rings. The number of hydrogen-bond acceptors (Lipinski definition) is 7. The molecule has 0 aliphatic carbocycles. The second-order valence-electron chi connectivity index (χ2n) is 5.39. The number of nitrogens with one attached hydrogen (secondary N) is 1. The van der Waals surface area contributed by atoms with E-state index in [-0.39, 0.29) is 22.6 Å². The second-order valence-corrected chi connectivity index (χ2v) is 6.68. The first kappa shape index (κ1) is 18.9. The highest BCUT2D eigenvalue weighted by molar-refractivity contribution is 8.00. The van der Waals surface area contributed by atoms with Gasteiger partial charge in [0.05, 0.1) is 22.8 Å². The van der Waals surface area contributed by atoms with Crippen LogP contribution in [0, 0.1) is 6.92 Å². The molecule has 3 rings (SSSR count). The summed E-state index contributed by atoms with van der Waals surface area (Å²) in [5.74, 6) is 0.377. The number of benzene rings is 1. The minimum absolute atomic E-state index is 0.117. The van der Waals surface area contributed by atoms with Gasteiger partial charge in [-0.3, -0.25) is 4.79 Å². The summed E-state index contributed by atoms with van der Waals surface area (Å²) in [7, 11) is 0. The number of aromatic nitrogens is 2. The van der Waals surface area contributed by atoms with E-state index in [0.29, 0.717) is 11.3 Å². The highest BCUT2D eigenvalue weighted by Gasteiger charge is 2.21. The number of aryl methyl sites for hydroxylation is 1. The first-order valence-electron chi connectivity index (χ1n) is 7.83. The number of amides is 1. The molecule has 2 heterocycles. The molecule has 3 aromatic rings. The molecule has 0 saturated heterocycles. The molecule has 10 heteroatoms. The zero-order valence-corrected chi connectivity index (χ0v) is 15.1. The lowest BCUT2D eigenvalue weighted by atomic mass is 10.3. The fourth-order valence-corrected chi connectivity index (χ4v) is 2.86. The highest BCUT2D eigenvalue weighted by atomic mass is 32.2. The van der Waals surface area contributed by atoms with Gasteiger partial charge in [0.25, 0.3) is 11.1 Å². The average Bonchev–Trinajstić information content (AvgIpc) is 3.24. The van der Waals surface area contributed by atoms with Crippen molar-refractivity contribution < 1.29 is 27.1 Å². The van der Waals surface area contributed by atoms with Gasteiger partial charge >= 0.3 is 6.61 Å². The number of carbonyl (C=O) groups is 1. The molecule has 1 aromatic carbocycles. The van der Waals surface area contributed by atoms with Gasteiger partial charge in [-0.2, -0.15) is 8.78 Å². The van der Waals surface area contributed by atoms with Gasteiger partial charge in [-0.25, -0.2) is 0 Å². The van der Waals surface area contributed by atoms with Crippen LogP contribution in [0.5, 0.6) is 5.75 Å². The molecule has 0 spiro atoms. The number of furan rings is 1. The largest absolute Gasteiger partial charge is 0.469 e. The van der Waals surface area contributed by atoms with Crippen LogP contribution in [0.25, 0.3) is 11.5 Å². The molecule has 27 heavy (non-hydrogen) atoms. The van der Waals surface area contributed by atoms with Gasteiger partial charge in [-0.05, 0) is 32.0 Å². The molecular weight excluding hydrogens is 380 g/mol. The van der Waals surface area contributed by atoms with E-state index in [1.54, 1.807) is 26.0 Å². The molecule has 0 unspecified atom stereocenters. The maximum Gasteiger partial charge on any atom is 0.387 e. The molecular formula is C17H15F2N3O4S. The van der Waals surface area contributed by atoms with Crippen molar-refractivity contribution in [3.05, 3.63) is 42.4 Å². The van der Waals surface area contributed by atoms with Crippen molar-refractivity contribution in [1.29, 1.82) is 0 Å². The van der Waals surface area contributed by atoms with E-state index < -0.39 is 17.8 Å². The Hall–Kier alpha value is -2.88. The third-order valence-electron chi connectivity index (χ3n) is 3.50. The predicted octanol–water partition coefficient (Wildman–Crippen LogP) is 4.36. The average molecular weight is 395 g/mol. The molecule has 0 saturated carbocycles. The van der Waals surface area contributed by atoms with Crippen molar-refractivity contribution in [1.82, 2.24) is 10.2 Å². The molecule has 1 N–H and O–H groups in total. The van der Waals surface area contributed by atoms with Gasteiger partial charge in [0.2, 0.25) is 5.91 Å². The van der Waals surface area contributed by atoms with Gasteiger partial charge in [0.15, 0.2) is 0 Å². The maximum atomic E-state index is 12.5. The van der Waals surface area contributed by atoms with Crippen LogP contribution in [-0.4, -0.2) is 28.0 Å². The van der Waals surface area contributed by atoms with E-state index in [0.717, 1.165) is 11.8 Å². The van der Waals surface area contributed by atoms with Crippen molar-refractivity contribution in [2.24, 2.45) is 0 Å². The van der Waals surface area contributed by atoms with Crippen LogP contribution in [0.1, 0.15) is 12.7 Å². The summed E-state index contributed by atoms with van der Waals surface area (Å²) in [4.78, 5) is 12.4. The van der Waals surface area contributed by atoms with Crippen molar-refractivity contribution >= 4 is 23.4 Å². The van der Waals surface area contributed by atoms with Crippen molar-refractivity contribution in [2.75, 3.05) is 5.32 Å². The quantitative estimate of drug-likeness (QED) is 0.595. The van der Waals surface area contributed by atoms with Crippen LogP contribution in [0.3, 0.4) is 0 Å². The van der Waals surface area contributed by atoms with Gasteiger partial charge in [0.1, 0.15) is 11.5 Å². The van der Waals surface area contributed by atoms with Crippen LogP contribution < -0.4 is 10.1 Å². The minimum Gasteiger partial charge on any atom is -0.469 e. The third kappa shape index (κ3) is 4.64. The Morgan fingerprint density at radius 1 is 1.26 bits per heavy atom. The van der Waals surface area contributed by atoms with E-state index >= 15 is 0 Å². The Balaban J connectivity index is 1.65. The summed E-state index contributed by atoms with van der Waals surface area (Å²) in [6.45, 7) is 0.406. The molecule has 0 aliphatic heterocycles. The zero-order valence-electron chi connectivity index (χ0n) is 14.3. The summed E-state index contributed by atoms with van der Waals surface area (Å²) in [6, 6.07) is 7.65. The first-order valence-corrected chi connectivity index (χ1v) is 8.71. The Bertz CT molecular complexity index is 928. The van der Waals surface area contributed by atoms with E-state index in [4.69, 9.17) is 8.83 Å². The Kier molecular flexibility index (Phi) is 5.75. The highest BCUT2D eigenvalue weighted by Crippen LogP contribution is 2.30. The molecule has 1 amide bonds. The van der Waals surface area contributed by atoms with Gasteiger partial charge in [-0.15, -0.1) is 10.2 Å². The number of alkyl halides is 2. The van der Waals surface area contributed by atoms with Crippen molar-refractivity contribution in [3.8, 4) is 17.2 Å². The summed E-state index contributed by atoms with van der Waals surface area (Å²) in [5, 5.41) is 9.96. The van der Waals surface area contributed by atoms with Crippen LogP contribution in [-0.2, 0) is 4.79 Å². The van der Waals surface area contributed by atoms with E-state index in [1.807, 2.05) is 0 Å². The van der Waals surface area contributed by atoms with Crippen molar-refractivity contribution in [3.63, 3.8) is 0 Å². The van der Waals surface area contributed by atoms with E-state index in [1.165, 1.54) is 24.5 Å². The number of halogens is 2. The molecule has 1 atom stereocenters. The van der Waals surface area contributed by atoms with Gasteiger partial charge in [0, 0.05) is 0 Å². The van der Waals surface area contributed by atoms with Crippen LogP contribution in [0.15, 0.2) is 50.7 Å². The van der Waals surface area contributed by atoms with Crippen molar-refractivity contribution in [2.45, 2.75) is 30.9 Å². The molecule has 142 valence electrons. The number of anilines is 1. The predicted molar refractivity (Wildman–Crippen MR) is 93.8 cm³/mol. The monoisotopic (exact) mass is 395 g/mol. The maximum absolute atomic E-state index is 12.5. The SMILES string of the molecule is Cc1occc1-c1nnc(S[C@H](C)C(=O)Nc2ccccc2OC(F)F)o1. The Morgan fingerprint density at radius 2 is 2.04 bits per heavy atom. The number of rotatable bonds is 7. The van der Waals surface area contributed by atoms with Gasteiger partial charge < -0.3 is 18.9 Å². The molecule has 2 aromatic heterocycles. The normalized spacial score (nSPS) is 12.2. The number of nitrogens with zero attached hydrogens (tertiary/aromatic N) is 2. The van der Waals surface area contributed by atoms with Crippen LogP contribution >= 0.6 is 11.8 Å². The smallest absolute Gasteiger partial charge is 0.387 e. The number of thioether (sulfide) groups is 1. The lowest BCUT2D eigenvalue weighted by Gasteiger charge is -2.13. The number of carbonyl (C=O) groups excluding carboxylic acids is 1. The molecule has 7 nitrogen and oxygen atoms in total. The molecule has 0 radical (unpaired) electrons. The summed E-state index contributed by atoms with van der Waals surface area (Å²) < 4.78 is 40.0. The number of ether oxygens (including phenoxy) is 1. The zero-order chi connectivity index (χ0) is 19.4.